The van der Waals surface area contributed by atoms with Gasteiger partial charge in [0.2, 0.25) is 0 Å². The van der Waals surface area contributed by atoms with Gasteiger partial charge in [-0.1, -0.05) is 5.92 Å². The van der Waals surface area contributed by atoms with Crippen LogP contribution in [0.15, 0.2) is 12.4 Å². The smallest absolute Gasteiger partial charge is 0.384 e. The van der Waals surface area contributed by atoms with E-state index in [4.69, 9.17) is 0 Å². The third-order valence-electron chi connectivity index (χ3n) is 1.11. The summed E-state index contributed by atoms with van der Waals surface area (Å²) in [6.07, 6.45) is 1.53. The summed E-state index contributed by atoms with van der Waals surface area (Å²) in [6.45, 7) is 0. The van der Waals surface area contributed by atoms with E-state index < -0.39 is 12.0 Å². The van der Waals surface area contributed by atoms with Crippen molar-refractivity contribution < 1.29 is 13.9 Å². The Morgan fingerprint density at radius 2 is 2.15 bits per heavy atom. The van der Waals surface area contributed by atoms with Crippen molar-refractivity contribution >= 4 is 5.97 Å². The van der Waals surface area contributed by atoms with Gasteiger partial charge in [-0.15, -0.1) is 0 Å². The van der Waals surface area contributed by atoms with Crippen LogP contribution in [0.2, 0.25) is 0 Å². The minimum absolute atomic E-state index is 0.354. The fourth-order valence-electron chi connectivity index (χ4n) is 0.551. The number of halogens is 1. The lowest BCUT2D eigenvalue weighted by molar-refractivity contribution is -0.133. The van der Waals surface area contributed by atoms with E-state index in [-0.39, 0.29) is 0 Å². The molecule has 0 aliphatic rings. The predicted octanol–water partition coefficient (Wildman–Crippen LogP) is 0.140. The van der Waals surface area contributed by atoms with Crippen molar-refractivity contribution in [2.24, 2.45) is 0 Å². The van der Waals surface area contributed by atoms with E-state index in [0.717, 1.165) is 0 Å². The number of ether oxygens (including phenoxy) is 1. The molecule has 1 aromatic heterocycles. The van der Waals surface area contributed by atoms with E-state index in [1.54, 1.807) is 0 Å². The second-order valence-corrected chi connectivity index (χ2v) is 1.98. The van der Waals surface area contributed by atoms with Crippen LogP contribution in [0.25, 0.3) is 0 Å². The van der Waals surface area contributed by atoms with Crippen LogP contribution in [0.5, 0.6) is 0 Å². The molecule has 0 aliphatic heterocycles. The molecule has 0 fully saturated rings. The van der Waals surface area contributed by atoms with Gasteiger partial charge < -0.3 is 4.74 Å². The molecule has 0 N–H and O–H groups in total. The molecule has 0 aromatic carbocycles. The molecule has 0 atom stereocenters. The number of carbonyl (C=O) groups excluding carboxylic acids is 1. The lowest BCUT2D eigenvalue weighted by Gasteiger charge is -1.87. The van der Waals surface area contributed by atoms with E-state index in [0.29, 0.717) is 5.56 Å². The molecule has 0 spiro atoms. The molecule has 0 radical (unpaired) electrons. The van der Waals surface area contributed by atoms with Crippen LogP contribution in [0.1, 0.15) is 5.56 Å². The van der Waals surface area contributed by atoms with E-state index in [1.807, 2.05) is 0 Å². The lowest BCUT2D eigenvalue weighted by atomic mass is 10.3. The summed E-state index contributed by atoms with van der Waals surface area (Å²) >= 11 is 0. The summed E-state index contributed by atoms with van der Waals surface area (Å²) in [4.78, 5) is 17.0. The minimum Gasteiger partial charge on any atom is -0.459 e. The molecule has 0 bridgehead atoms. The second-order valence-electron chi connectivity index (χ2n) is 1.98. The van der Waals surface area contributed by atoms with Crippen LogP contribution in [0.4, 0.5) is 4.39 Å². The minimum atomic E-state index is -0.830. The van der Waals surface area contributed by atoms with Crippen molar-refractivity contribution in [1.82, 2.24) is 9.97 Å². The Labute approximate surface area is 73.8 Å². The Hall–Kier alpha value is -1.96. The van der Waals surface area contributed by atoms with Gasteiger partial charge in [0.15, 0.2) is 0 Å². The molecule has 1 heterocycles. The molecule has 0 saturated carbocycles. The Morgan fingerprint density at radius 1 is 1.54 bits per heavy atom. The number of aromatic nitrogens is 2. The molecular formula is C8H5FN2O2. The molecular weight excluding hydrogens is 175 g/mol. The Kier molecular flexibility index (Phi) is 2.92. The maximum atomic E-state index is 12.2. The van der Waals surface area contributed by atoms with Crippen LogP contribution in [-0.2, 0) is 9.53 Å². The van der Waals surface area contributed by atoms with Crippen LogP contribution in [0.3, 0.4) is 0 Å². The summed E-state index contributed by atoms with van der Waals surface area (Å²) in [7, 11) is 1.22. The van der Waals surface area contributed by atoms with Crippen LogP contribution < -0.4 is 0 Å². The first kappa shape index (κ1) is 9.13. The predicted molar refractivity (Wildman–Crippen MR) is 40.9 cm³/mol. The molecule has 1 aromatic rings. The summed E-state index contributed by atoms with van der Waals surface area (Å²) in [6, 6.07) is 0. The molecule has 0 amide bonds. The first-order valence-electron chi connectivity index (χ1n) is 3.30. The topological polar surface area (TPSA) is 52.1 Å². The number of methoxy groups -OCH3 is 1. The van der Waals surface area contributed by atoms with E-state index in [2.05, 4.69) is 26.5 Å². The summed E-state index contributed by atoms with van der Waals surface area (Å²) in [5.74, 6) is 3.90. The molecule has 66 valence electrons. The number of carbonyl (C=O) groups is 1. The number of esters is 1. The van der Waals surface area contributed by atoms with E-state index in [9.17, 15) is 9.18 Å². The third-order valence-corrected chi connectivity index (χ3v) is 1.11. The zero-order valence-electron chi connectivity index (χ0n) is 6.74. The van der Waals surface area contributed by atoms with Crippen LogP contribution in [0, 0.1) is 17.9 Å². The highest BCUT2D eigenvalue weighted by Gasteiger charge is 1.93. The van der Waals surface area contributed by atoms with Crippen molar-refractivity contribution in [3.05, 3.63) is 24.0 Å². The molecule has 4 nitrogen and oxygen atoms in total. The van der Waals surface area contributed by atoms with Gasteiger partial charge in [0, 0.05) is 18.3 Å². The molecule has 0 saturated heterocycles. The Balaban J connectivity index is 2.78. The fraction of sp³-hybridized carbons (Fsp3) is 0.125. The van der Waals surface area contributed by atoms with Crippen molar-refractivity contribution in [3.63, 3.8) is 0 Å². The van der Waals surface area contributed by atoms with Crippen LogP contribution in [-0.4, -0.2) is 23.0 Å². The summed E-state index contributed by atoms with van der Waals surface area (Å²) in [5, 5.41) is 0. The van der Waals surface area contributed by atoms with Crippen molar-refractivity contribution in [2.75, 3.05) is 7.11 Å². The lowest BCUT2D eigenvalue weighted by Crippen LogP contribution is -1.95. The Morgan fingerprint density at radius 3 is 2.69 bits per heavy atom. The Bertz CT molecular complexity index is 364. The highest BCUT2D eigenvalue weighted by atomic mass is 19.1. The van der Waals surface area contributed by atoms with Gasteiger partial charge in [0.25, 0.3) is 0 Å². The normalized spacial score (nSPS) is 8.46. The number of rotatable bonds is 0. The summed E-state index contributed by atoms with van der Waals surface area (Å²) < 4.78 is 16.5. The number of nitrogens with zero attached hydrogens (tertiary/aromatic N) is 2. The van der Waals surface area contributed by atoms with E-state index >= 15 is 0 Å². The van der Waals surface area contributed by atoms with E-state index in [1.165, 1.54) is 19.5 Å². The van der Waals surface area contributed by atoms with Crippen LogP contribution >= 0.6 is 0 Å². The molecule has 0 unspecified atom stereocenters. The number of hydrogen-bond acceptors (Lipinski definition) is 4. The van der Waals surface area contributed by atoms with Gasteiger partial charge in [-0.05, 0) is 0 Å². The quantitative estimate of drug-likeness (QED) is 0.324. The molecule has 0 aliphatic carbocycles. The monoisotopic (exact) mass is 180 g/mol. The second kappa shape index (κ2) is 4.16. The summed E-state index contributed by atoms with van der Waals surface area (Å²) in [5.41, 5.74) is 0.354. The first-order valence-corrected chi connectivity index (χ1v) is 3.30. The van der Waals surface area contributed by atoms with Gasteiger partial charge in [0.05, 0.1) is 12.7 Å². The average Bonchev–Trinajstić information content (AvgIpc) is 2.16. The third kappa shape index (κ3) is 2.87. The molecule has 5 heteroatoms. The van der Waals surface area contributed by atoms with Gasteiger partial charge >= 0.3 is 12.0 Å². The maximum absolute atomic E-state index is 12.2. The molecule has 13 heavy (non-hydrogen) atoms. The average molecular weight is 180 g/mol. The standard InChI is InChI=1S/C8H5FN2O2/c1-13-7(12)3-2-6-4-10-8(9)11-5-6/h4-5H,1H3. The molecule has 1 rings (SSSR count). The first-order chi connectivity index (χ1) is 6.22. The largest absolute Gasteiger partial charge is 0.459 e. The van der Waals surface area contributed by atoms with Gasteiger partial charge in [0.1, 0.15) is 0 Å². The zero-order chi connectivity index (χ0) is 9.68. The van der Waals surface area contributed by atoms with Gasteiger partial charge in [-0.2, -0.15) is 4.39 Å². The maximum Gasteiger partial charge on any atom is 0.384 e. The number of hydrogen-bond donors (Lipinski definition) is 0. The van der Waals surface area contributed by atoms with Crippen molar-refractivity contribution in [2.45, 2.75) is 0 Å². The SMILES string of the molecule is COC(=O)C#Cc1cnc(F)nc1. The van der Waals surface area contributed by atoms with Crippen molar-refractivity contribution in [3.8, 4) is 11.8 Å². The zero-order valence-corrected chi connectivity index (χ0v) is 6.74. The van der Waals surface area contributed by atoms with Crippen molar-refractivity contribution in [1.29, 1.82) is 0 Å². The highest BCUT2D eigenvalue weighted by Crippen LogP contribution is 1.91. The highest BCUT2D eigenvalue weighted by molar-refractivity contribution is 5.88. The van der Waals surface area contributed by atoms with Gasteiger partial charge in [-0.3, -0.25) is 0 Å². The fourth-order valence-corrected chi connectivity index (χ4v) is 0.551. The van der Waals surface area contributed by atoms with Gasteiger partial charge in [-0.25, -0.2) is 14.8 Å².